The number of aromatic hydroxyl groups is 1. The molecule has 1 aromatic heterocycles. The minimum absolute atomic E-state index is 0.167. The molecular weight excluding hydrogens is 318 g/mol. The van der Waals surface area contributed by atoms with Gasteiger partial charge in [-0.05, 0) is 35.9 Å². The Morgan fingerprint density at radius 2 is 1.60 bits per heavy atom. The van der Waals surface area contributed by atoms with Crippen molar-refractivity contribution in [3.05, 3.63) is 53.7 Å². The molecule has 0 radical (unpaired) electrons. The van der Waals surface area contributed by atoms with E-state index in [1.165, 1.54) is 0 Å². The van der Waals surface area contributed by atoms with Crippen LogP contribution in [0, 0.1) is 0 Å². The van der Waals surface area contributed by atoms with Gasteiger partial charge in [0.25, 0.3) is 0 Å². The van der Waals surface area contributed by atoms with Crippen molar-refractivity contribution in [1.29, 1.82) is 0 Å². The highest BCUT2D eigenvalue weighted by molar-refractivity contribution is 5.85. The summed E-state index contributed by atoms with van der Waals surface area (Å²) in [6.45, 7) is 0. The number of para-hydroxylation sites is 1. The fourth-order valence-corrected chi connectivity index (χ4v) is 2.62. The van der Waals surface area contributed by atoms with Crippen LogP contribution in [0.4, 0.5) is 0 Å². The highest BCUT2D eigenvalue weighted by Crippen LogP contribution is 2.38. The number of rotatable bonds is 5. The van der Waals surface area contributed by atoms with Crippen LogP contribution in [0.2, 0.25) is 0 Å². The third kappa shape index (κ3) is 3.35. The average molecular weight is 337 g/mol. The number of pyridine rings is 1. The predicted molar refractivity (Wildman–Crippen MR) is 98.4 cm³/mol. The molecule has 0 unspecified atom stereocenters. The third-order valence-electron chi connectivity index (χ3n) is 3.85. The maximum absolute atomic E-state index is 9.94. The molecule has 3 aromatic rings. The van der Waals surface area contributed by atoms with Crippen LogP contribution in [0.1, 0.15) is 11.3 Å². The molecule has 1 heterocycles. The maximum atomic E-state index is 9.94. The van der Waals surface area contributed by atoms with E-state index >= 15 is 0 Å². The molecule has 0 aliphatic heterocycles. The van der Waals surface area contributed by atoms with Gasteiger partial charge in [0.2, 0.25) is 5.75 Å². The van der Waals surface area contributed by atoms with Crippen molar-refractivity contribution in [2.45, 2.75) is 0 Å². The first kappa shape index (κ1) is 16.6. The number of nitrogens with zero attached hydrogens (tertiary/aromatic N) is 1. The summed E-state index contributed by atoms with van der Waals surface area (Å²) >= 11 is 0. The van der Waals surface area contributed by atoms with Gasteiger partial charge in [-0.25, -0.2) is 4.98 Å². The number of phenolic OH excluding ortho intramolecular Hbond substituents is 1. The number of benzene rings is 2. The predicted octanol–water partition coefficient (Wildman–Crippen LogP) is 4.14. The van der Waals surface area contributed by atoms with Gasteiger partial charge in [0.05, 0.1) is 27.0 Å². The van der Waals surface area contributed by atoms with E-state index in [1.54, 1.807) is 33.5 Å². The van der Waals surface area contributed by atoms with Gasteiger partial charge in [-0.3, -0.25) is 0 Å². The number of fused-ring (bicyclic) bond motifs is 1. The molecule has 0 saturated carbocycles. The molecule has 0 spiro atoms. The summed E-state index contributed by atoms with van der Waals surface area (Å²) in [6.07, 6.45) is 3.77. The lowest BCUT2D eigenvalue weighted by atomic mass is 10.1. The molecular formula is C20H19NO4. The first-order chi connectivity index (χ1) is 12.2. The van der Waals surface area contributed by atoms with E-state index in [1.807, 2.05) is 42.5 Å². The highest BCUT2D eigenvalue weighted by Gasteiger charge is 2.12. The molecule has 0 bridgehead atoms. The molecule has 0 amide bonds. The van der Waals surface area contributed by atoms with Crippen LogP contribution in [-0.4, -0.2) is 31.4 Å². The minimum Gasteiger partial charge on any atom is -0.506 e. The van der Waals surface area contributed by atoms with Gasteiger partial charge in [0.1, 0.15) is 11.3 Å². The molecule has 0 aliphatic rings. The molecule has 0 aliphatic carbocycles. The van der Waals surface area contributed by atoms with Crippen molar-refractivity contribution >= 4 is 23.1 Å². The molecule has 128 valence electrons. The van der Waals surface area contributed by atoms with Gasteiger partial charge >= 0.3 is 0 Å². The molecule has 0 atom stereocenters. The van der Waals surface area contributed by atoms with Gasteiger partial charge in [0, 0.05) is 5.39 Å². The van der Waals surface area contributed by atoms with E-state index < -0.39 is 0 Å². The van der Waals surface area contributed by atoms with Crippen molar-refractivity contribution in [2.24, 2.45) is 0 Å². The summed E-state index contributed by atoms with van der Waals surface area (Å²) in [5.74, 6) is 1.90. The fourth-order valence-electron chi connectivity index (χ4n) is 2.62. The Bertz CT molecular complexity index is 909. The quantitative estimate of drug-likeness (QED) is 0.758. The summed E-state index contributed by atoms with van der Waals surface area (Å²) in [4.78, 5) is 4.48. The Morgan fingerprint density at radius 1 is 0.880 bits per heavy atom. The second-order valence-electron chi connectivity index (χ2n) is 5.38. The summed E-state index contributed by atoms with van der Waals surface area (Å²) in [5.41, 5.74) is 2.20. The standard InChI is InChI=1S/C20H19NO4/c1-23-17-11-13(12-18(24-2)20(17)25-3)7-9-15-10-8-14-5-4-6-16(22)19(14)21-15/h4-12,22H,1-3H3. The molecule has 0 fully saturated rings. The average Bonchev–Trinajstić information content (AvgIpc) is 2.65. The Labute approximate surface area is 146 Å². The van der Waals surface area contributed by atoms with E-state index in [2.05, 4.69) is 4.98 Å². The van der Waals surface area contributed by atoms with E-state index in [4.69, 9.17) is 14.2 Å². The number of hydrogen-bond donors (Lipinski definition) is 1. The zero-order valence-corrected chi connectivity index (χ0v) is 14.3. The largest absolute Gasteiger partial charge is 0.506 e. The Hall–Kier alpha value is -3.21. The number of phenols is 1. The molecule has 5 nitrogen and oxygen atoms in total. The van der Waals surface area contributed by atoms with Crippen molar-refractivity contribution < 1.29 is 19.3 Å². The van der Waals surface area contributed by atoms with Gasteiger partial charge in [-0.15, -0.1) is 0 Å². The zero-order chi connectivity index (χ0) is 17.8. The van der Waals surface area contributed by atoms with Crippen molar-refractivity contribution in [3.63, 3.8) is 0 Å². The second kappa shape index (κ2) is 7.13. The lowest BCUT2D eigenvalue weighted by Gasteiger charge is -2.12. The lowest BCUT2D eigenvalue weighted by Crippen LogP contribution is -1.95. The van der Waals surface area contributed by atoms with Crippen LogP contribution in [0.3, 0.4) is 0 Å². The summed E-state index contributed by atoms with van der Waals surface area (Å²) in [6, 6.07) is 12.9. The fraction of sp³-hybridized carbons (Fsp3) is 0.150. The van der Waals surface area contributed by atoms with Gasteiger partial charge in [-0.1, -0.05) is 24.3 Å². The number of aromatic nitrogens is 1. The zero-order valence-electron chi connectivity index (χ0n) is 14.3. The van der Waals surface area contributed by atoms with Crippen LogP contribution >= 0.6 is 0 Å². The van der Waals surface area contributed by atoms with Crippen LogP contribution < -0.4 is 14.2 Å². The maximum Gasteiger partial charge on any atom is 0.203 e. The van der Waals surface area contributed by atoms with E-state index in [-0.39, 0.29) is 5.75 Å². The molecule has 3 rings (SSSR count). The van der Waals surface area contributed by atoms with E-state index in [9.17, 15) is 5.11 Å². The molecule has 2 aromatic carbocycles. The molecule has 5 heteroatoms. The Morgan fingerprint density at radius 3 is 2.24 bits per heavy atom. The van der Waals surface area contributed by atoms with Crippen molar-refractivity contribution in [3.8, 4) is 23.0 Å². The van der Waals surface area contributed by atoms with E-state index in [0.717, 1.165) is 16.6 Å². The van der Waals surface area contributed by atoms with Crippen molar-refractivity contribution in [2.75, 3.05) is 21.3 Å². The van der Waals surface area contributed by atoms with Gasteiger partial charge in [-0.2, -0.15) is 0 Å². The van der Waals surface area contributed by atoms with Crippen LogP contribution in [0.15, 0.2) is 42.5 Å². The number of methoxy groups -OCH3 is 3. The lowest BCUT2D eigenvalue weighted by molar-refractivity contribution is 0.324. The molecule has 0 saturated heterocycles. The first-order valence-corrected chi connectivity index (χ1v) is 7.73. The van der Waals surface area contributed by atoms with Crippen LogP contribution in [-0.2, 0) is 0 Å². The summed E-state index contributed by atoms with van der Waals surface area (Å²) < 4.78 is 16.0. The van der Waals surface area contributed by atoms with Gasteiger partial charge < -0.3 is 19.3 Å². The summed E-state index contributed by atoms with van der Waals surface area (Å²) in [7, 11) is 4.73. The summed E-state index contributed by atoms with van der Waals surface area (Å²) in [5, 5.41) is 10.8. The molecule has 25 heavy (non-hydrogen) atoms. The monoisotopic (exact) mass is 337 g/mol. The number of ether oxygens (including phenoxy) is 3. The SMILES string of the molecule is COc1cc(C=Cc2ccc3cccc(O)c3n2)cc(OC)c1OC. The highest BCUT2D eigenvalue weighted by atomic mass is 16.5. The smallest absolute Gasteiger partial charge is 0.203 e. The molecule has 1 N–H and O–H groups in total. The van der Waals surface area contributed by atoms with Gasteiger partial charge in [0.15, 0.2) is 11.5 Å². The third-order valence-corrected chi connectivity index (χ3v) is 3.85. The van der Waals surface area contributed by atoms with Crippen molar-refractivity contribution in [1.82, 2.24) is 4.98 Å². The normalized spacial score (nSPS) is 11.0. The van der Waals surface area contributed by atoms with Crippen LogP contribution in [0.5, 0.6) is 23.0 Å². The number of hydrogen-bond acceptors (Lipinski definition) is 5. The topological polar surface area (TPSA) is 60.8 Å². The minimum atomic E-state index is 0.167. The second-order valence-corrected chi connectivity index (χ2v) is 5.38. The van der Waals surface area contributed by atoms with Crippen LogP contribution in [0.25, 0.3) is 23.1 Å². The first-order valence-electron chi connectivity index (χ1n) is 7.73. The Kier molecular flexibility index (Phi) is 4.75. The Balaban J connectivity index is 1.98. The van der Waals surface area contributed by atoms with E-state index in [0.29, 0.717) is 22.8 Å².